The minimum Gasteiger partial charge on any atom is -0.395 e. The Morgan fingerprint density at radius 1 is 0.564 bits per heavy atom. The molecule has 0 aliphatic rings. The number of rotatable bonds is 4. The van der Waals surface area contributed by atoms with Gasteiger partial charge < -0.3 is 15.1 Å². The maximum Gasteiger partial charge on any atom is 0.138 e. The molecule has 0 spiro atoms. The molecule has 3 N–H and O–H groups in total. The van der Waals surface area contributed by atoms with Crippen molar-refractivity contribution in [3.05, 3.63) is 108 Å². The highest BCUT2D eigenvalue weighted by atomic mass is 16.3. The molecular formula is C34H36N4O. The van der Waals surface area contributed by atoms with E-state index in [1.54, 1.807) is 0 Å². The van der Waals surface area contributed by atoms with Crippen LogP contribution in [0.25, 0.3) is 44.8 Å². The number of fused-ring (bicyclic) bond motifs is 2. The summed E-state index contributed by atoms with van der Waals surface area (Å²) >= 11 is 0. The van der Waals surface area contributed by atoms with Crippen molar-refractivity contribution < 1.29 is 5.11 Å². The predicted octanol–water partition coefficient (Wildman–Crippen LogP) is 8.03. The molecule has 0 atom stereocenters. The van der Waals surface area contributed by atoms with Gasteiger partial charge in [-0.25, -0.2) is 9.97 Å². The number of aliphatic hydroxyl groups is 1. The van der Waals surface area contributed by atoms with Crippen LogP contribution < -0.4 is 0 Å². The molecule has 2 aromatic heterocycles. The Bertz CT molecular complexity index is 1620. The van der Waals surface area contributed by atoms with Gasteiger partial charge in [-0.05, 0) is 40.8 Å². The van der Waals surface area contributed by atoms with Crippen LogP contribution in [0.2, 0.25) is 0 Å². The fourth-order valence-corrected chi connectivity index (χ4v) is 4.48. The van der Waals surface area contributed by atoms with Gasteiger partial charge in [-0.15, -0.1) is 0 Å². The summed E-state index contributed by atoms with van der Waals surface area (Å²) in [7, 11) is 0. The average molecular weight is 517 g/mol. The van der Waals surface area contributed by atoms with Crippen molar-refractivity contribution in [3.63, 3.8) is 0 Å². The number of nitrogens with zero attached hydrogens (tertiary/aromatic N) is 2. The zero-order valence-corrected chi connectivity index (χ0v) is 23.3. The Labute approximate surface area is 230 Å². The molecule has 0 aliphatic carbocycles. The summed E-state index contributed by atoms with van der Waals surface area (Å²) in [6.07, 6.45) is 0. The third-order valence-electron chi connectivity index (χ3n) is 7.14. The van der Waals surface area contributed by atoms with Gasteiger partial charge >= 0.3 is 0 Å². The van der Waals surface area contributed by atoms with Crippen LogP contribution in [0.4, 0.5) is 0 Å². The Morgan fingerprint density at radius 2 is 0.974 bits per heavy atom. The van der Waals surface area contributed by atoms with Crippen LogP contribution in [0.15, 0.2) is 97.1 Å². The highest BCUT2D eigenvalue weighted by Gasteiger charge is 2.19. The van der Waals surface area contributed by atoms with Crippen molar-refractivity contribution in [1.29, 1.82) is 0 Å². The largest absolute Gasteiger partial charge is 0.395 e. The first-order valence-electron chi connectivity index (χ1n) is 13.4. The molecule has 6 rings (SSSR count). The van der Waals surface area contributed by atoms with E-state index < -0.39 is 0 Å². The molecule has 0 amide bonds. The molecule has 0 bridgehead atoms. The van der Waals surface area contributed by atoms with E-state index in [-0.39, 0.29) is 17.4 Å². The second-order valence-electron chi connectivity index (χ2n) is 11.7. The average Bonchev–Trinajstić information content (AvgIpc) is 3.58. The minimum absolute atomic E-state index is 0.136. The molecule has 0 fully saturated rings. The zero-order valence-electron chi connectivity index (χ0n) is 23.3. The summed E-state index contributed by atoms with van der Waals surface area (Å²) in [6, 6.07) is 33.0. The quantitative estimate of drug-likeness (QED) is 0.222. The summed E-state index contributed by atoms with van der Waals surface area (Å²) in [4.78, 5) is 15.9. The molecule has 39 heavy (non-hydrogen) atoms. The summed E-state index contributed by atoms with van der Waals surface area (Å²) in [5.41, 5.74) is 8.73. The first-order valence-corrected chi connectivity index (χ1v) is 13.4. The molecule has 0 saturated heterocycles. The molecule has 0 radical (unpaired) electrons. The van der Waals surface area contributed by atoms with Gasteiger partial charge in [-0.3, -0.25) is 0 Å². The van der Waals surface area contributed by atoms with Gasteiger partial charge in [-0.2, -0.15) is 0 Å². The van der Waals surface area contributed by atoms with Gasteiger partial charge in [0.25, 0.3) is 0 Å². The van der Waals surface area contributed by atoms with Gasteiger partial charge in [0.15, 0.2) is 0 Å². The van der Waals surface area contributed by atoms with Crippen molar-refractivity contribution in [2.24, 2.45) is 0 Å². The van der Waals surface area contributed by atoms with Gasteiger partial charge in [0, 0.05) is 16.5 Å². The van der Waals surface area contributed by atoms with Crippen molar-refractivity contribution in [2.45, 2.75) is 45.4 Å². The van der Waals surface area contributed by atoms with E-state index in [9.17, 15) is 5.11 Å². The molecule has 5 nitrogen and oxygen atoms in total. The maximum atomic E-state index is 9.41. The van der Waals surface area contributed by atoms with Gasteiger partial charge in [0.2, 0.25) is 0 Å². The molecule has 6 aromatic rings. The SMILES string of the molecule is CC(C)(C)c1ccc(-c2nc3ccccc3[nH]2)cc1.CC(C)(CO)c1ccc(-c2nc3ccccc3[nH]2)cc1. The number of para-hydroxylation sites is 4. The number of hydrogen-bond donors (Lipinski definition) is 3. The Hall–Kier alpha value is -4.22. The van der Waals surface area contributed by atoms with Crippen LogP contribution in [0.3, 0.4) is 0 Å². The van der Waals surface area contributed by atoms with E-state index in [0.717, 1.165) is 50.4 Å². The van der Waals surface area contributed by atoms with E-state index in [1.165, 1.54) is 5.56 Å². The second kappa shape index (κ2) is 10.5. The molecule has 0 unspecified atom stereocenters. The smallest absolute Gasteiger partial charge is 0.138 e. The normalized spacial score (nSPS) is 11.9. The Kier molecular flexibility index (Phi) is 7.11. The molecule has 4 aromatic carbocycles. The molecule has 0 saturated carbocycles. The lowest BCUT2D eigenvalue weighted by molar-refractivity contribution is 0.218. The second-order valence-corrected chi connectivity index (χ2v) is 11.7. The highest BCUT2D eigenvalue weighted by Crippen LogP contribution is 2.27. The van der Waals surface area contributed by atoms with Crippen LogP contribution in [0, 0.1) is 0 Å². The molecule has 2 heterocycles. The van der Waals surface area contributed by atoms with Crippen molar-refractivity contribution in [3.8, 4) is 22.8 Å². The maximum absolute atomic E-state index is 9.41. The Morgan fingerprint density at radius 3 is 1.36 bits per heavy atom. The standard InChI is InChI=1S/C17H18N2O.C17H18N2/c1-17(2,11-20)13-9-7-12(8-10-13)16-18-14-5-3-4-6-15(14)19-16;1-17(2,3)13-10-8-12(9-11-13)16-18-14-6-4-5-7-15(14)19-16/h3-10,20H,11H2,1-2H3,(H,18,19);4-11H,1-3H3,(H,18,19). The first kappa shape index (κ1) is 26.4. The number of nitrogens with one attached hydrogen (secondary N) is 2. The van der Waals surface area contributed by atoms with E-state index >= 15 is 0 Å². The van der Waals surface area contributed by atoms with Crippen LogP contribution >= 0.6 is 0 Å². The molecular weight excluding hydrogens is 480 g/mol. The van der Waals surface area contributed by atoms with E-state index in [4.69, 9.17) is 0 Å². The van der Waals surface area contributed by atoms with Crippen LogP contribution in [0.5, 0.6) is 0 Å². The van der Waals surface area contributed by atoms with E-state index in [0.29, 0.717) is 0 Å². The highest BCUT2D eigenvalue weighted by molar-refractivity contribution is 5.80. The van der Waals surface area contributed by atoms with Crippen molar-refractivity contribution >= 4 is 22.1 Å². The third-order valence-corrected chi connectivity index (χ3v) is 7.14. The minimum atomic E-state index is -0.216. The van der Waals surface area contributed by atoms with Gasteiger partial charge in [0.1, 0.15) is 11.6 Å². The van der Waals surface area contributed by atoms with Gasteiger partial charge in [-0.1, -0.05) is 107 Å². The van der Waals surface area contributed by atoms with Crippen LogP contribution in [-0.4, -0.2) is 31.6 Å². The molecule has 0 aliphatic heterocycles. The summed E-state index contributed by atoms with van der Waals surface area (Å²) < 4.78 is 0. The lowest BCUT2D eigenvalue weighted by Gasteiger charge is -2.22. The molecule has 198 valence electrons. The number of aromatic nitrogens is 4. The van der Waals surface area contributed by atoms with Crippen molar-refractivity contribution in [2.75, 3.05) is 6.61 Å². The van der Waals surface area contributed by atoms with E-state index in [2.05, 4.69) is 83.2 Å². The van der Waals surface area contributed by atoms with Crippen LogP contribution in [0.1, 0.15) is 45.7 Å². The molecule has 5 heteroatoms. The lowest BCUT2D eigenvalue weighted by Crippen LogP contribution is -2.21. The fourth-order valence-electron chi connectivity index (χ4n) is 4.48. The fraction of sp³-hybridized carbons (Fsp3) is 0.235. The topological polar surface area (TPSA) is 77.6 Å². The number of H-pyrrole nitrogens is 2. The van der Waals surface area contributed by atoms with Gasteiger partial charge in [0.05, 0.1) is 28.7 Å². The number of imidazole rings is 2. The summed E-state index contributed by atoms with van der Waals surface area (Å²) in [6.45, 7) is 10.9. The number of hydrogen-bond acceptors (Lipinski definition) is 3. The summed E-state index contributed by atoms with van der Waals surface area (Å²) in [5.74, 6) is 1.81. The zero-order chi connectivity index (χ0) is 27.6. The predicted molar refractivity (Wildman–Crippen MR) is 162 cm³/mol. The Balaban J connectivity index is 0.000000158. The number of aromatic amines is 2. The monoisotopic (exact) mass is 516 g/mol. The first-order chi connectivity index (χ1) is 18.6. The summed E-state index contributed by atoms with van der Waals surface area (Å²) in [5, 5.41) is 9.41. The van der Waals surface area contributed by atoms with E-state index in [1.807, 2.05) is 68.4 Å². The third kappa shape index (κ3) is 5.79. The van der Waals surface area contributed by atoms with Crippen molar-refractivity contribution in [1.82, 2.24) is 19.9 Å². The number of benzene rings is 4. The lowest BCUT2D eigenvalue weighted by atomic mass is 9.85. The van der Waals surface area contributed by atoms with Crippen LogP contribution in [-0.2, 0) is 10.8 Å². The number of aliphatic hydroxyl groups excluding tert-OH is 1.